The summed E-state index contributed by atoms with van der Waals surface area (Å²) < 4.78 is 25.5. The fourth-order valence-electron chi connectivity index (χ4n) is 3.24. The molecule has 5 nitrogen and oxygen atoms in total. The van der Waals surface area contributed by atoms with Gasteiger partial charge in [-0.15, -0.1) is 0 Å². The summed E-state index contributed by atoms with van der Waals surface area (Å²) in [6, 6.07) is 26.7. The fraction of sp³-hybridized carbons (Fsp3) is 0.208. The average molecular weight is 423 g/mol. The summed E-state index contributed by atoms with van der Waals surface area (Å²) in [5, 5.41) is 0. The highest BCUT2D eigenvalue weighted by Gasteiger charge is 2.17. The van der Waals surface area contributed by atoms with Crippen LogP contribution in [0.5, 0.6) is 0 Å². The number of anilines is 1. The molecule has 0 radical (unpaired) electrons. The van der Waals surface area contributed by atoms with E-state index in [0.29, 0.717) is 24.3 Å². The smallest absolute Gasteiger partial charge is 0.253 e. The van der Waals surface area contributed by atoms with E-state index in [9.17, 15) is 13.2 Å². The number of rotatable bonds is 9. The van der Waals surface area contributed by atoms with Gasteiger partial charge in [0.25, 0.3) is 5.91 Å². The van der Waals surface area contributed by atoms with Gasteiger partial charge in [0.2, 0.25) is 10.0 Å². The minimum atomic E-state index is -3.41. The second-order valence-corrected chi connectivity index (χ2v) is 8.97. The Bertz CT molecular complexity index is 1020. The lowest BCUT2D eigenvalue weighted by Gasteiger charge is -2.23. The van der Waals surface area contributed by atoms with E-state index in [-0.39, 0.29) is 5.91 Å². The number of nitrogens with zero attached hydrogens (tertiary/aromatic N) is 1. The molecule has 3 aromatic rings. The molecule has 0 aliphatic rings. The Kier molecular flexibility index (Phi) is 7.25. The van der Waals surface area contributed by atoms with Gasteiger partial charge in [-0.05, 0) is 42.2 Å². The molecule has 0 unspecified atom stereocenters. The van der Waals surface area contributed by atoms with Crippen LogP contribution >= 0.6 is 0 Å². The van der Waals surface area contributed by atoms with Gasteiger partial charge in [-0.25, -0.2) is 8.42 Å². The first kappa shape index (κ1) is 21.6. The van der Waals surface area contributed by atoms with Crippen LogP contribution in [0.1, 0.15) is 21.5 Å². The predicted octanol–water partition coefficient (Wildman–Crippen LogP) is 3.99. The van der Waals surface area contributed by atoms with E-state index >= 15 is 0 Å². The first-order chi connectivity index (χ1) is 14.4. The Morgan fingerprint density at radius 3 is 1.83 bits per heavy atom. The second kappa shape index (κ2) is 10.1. The molecular formula is C24H26N2O3S. The molecular weight excluding hydrogens is 396 g/mol. The predicted molar refractivity (Wildman–Crippen MR) is 121 cm³/mol. The summed E-state index contributed by atoms with van der Waals surface area (Å²) in [5.41, 5.74) is 3.18. The van der Waals surface area contributed by atoms with Crippen molar-refractivity contribution in [1.82, 2.24) is 4.90 Å². The van der Waals surface area contributed by atoms with Crippen molar-refractivity contribution in [2.24, 2.45) is 0 Å². The van der Waals surface area contributed by atoms with Gasteiger partial charge in [0.15, 0.2) is 0 Å². The van der Waals surface area contributed by atoms with Crippen molar-refractivity contribution in [3.8, 4) is 0 Å². The molecule has 156 valence electrons. The summed E-state index contributed by atoms with van der Waals surface area (Å²) >= 11 is 0. The molecule has 1 N–H and O–H groups in total. The van der Waals surface area contributed by atoms with E-state index in [2.05, 4.69) is 29.0 Å². The monoisotopic (exact) mass is 422 g/mol. The second-order valence-electron chi connectivity index (χ2n) is 7.22. The van der Waals surface area contributed by atoms with Gasteiger partial charge in [0.05, 0.1) is 6.26 Å². The lowest BCUT2D eigenvalue weighted by Crippen LogP contribution is -2.34. The van der Waals surface area contributed by atoms with Crippen molar-refractivity contribution in [2.75, 3.05) is 24.1 Å². The minimum Gasteiger partial charge on any atom is -0.338 e. The SMILES string of the molecule is CS(=O)(=O)Nc1cccc(C(=O)N(CCc2ccccc2)CCc2ccccc2)c1. The number of benzene rings is 3. The van der Waals surface area contributed by atoms with Gasteiger partial charge >= 0.3 is 0 Å². The van der Waals surface area contributed by atoms with Crippen LogP contribution in [0.25, 0.3) is 0 Å². The number of sulfonamides is 1. The van der Waals surface area contributed by atoms with Gasteiger partial charge in [-0.1, -0.05) is 66.7 Å². The molecule has 1 amide bonds. The summed E-state index contributed by atoms with van der Waals surface area (Å²) in [6.45, 7) is 1.17. The summed E-state index contributed by atoms with van der Waals surface area (Å²) in [5.74, 6) is -0.112. The summed E-state index contributed by atoms with van der Waals surface area (Å²) in [7, 11) is -3.41. The van der Waals surface area contributed by atoms with Crippen LogP contribution in [-0.4, -0.2) is 38.6 Å². The van der Waals surface area contributed by atoms with E-state index < -0.39 is 10.0 Å². The average Bonchev–Trinajstić information content (AvgIpc) is 2.74. The first-order valence-corrected chi connectivity index (χ1v) is 11.7. The van der Waals surface area contributed by atoms with Crippen LogP contribution in [-0.2, 0) is 22.9 Å². The van der Waals surface area contributed by atoms with Crippen LogP contribution in [0.4, 0.5) is 5.69 Å². The maximum Gasteiger partial charge on any atom is 0.253 e. The number of amides is 1. The van der Waals surface area contributed by atoms with Crippen LogP contribution in [0.15, 0.2) is 84.9 Å². The fourth-order valence-corrected chi connectivity index (χ4v) is 3.80. The molecule has 3 rings (SSSR count). The molecule has 0 atom stereocenters. The number of carbonyl (C=O) groups excluding carboxylic acids is 1. The zero-order valence-corrected chi connectivity index (χ0v) is 17.8. The Morgan fingerprint density at radius 2 is 1.33 bits per heavy atom. The molecule has 0 aromatic heterocycles. The molecule has 6 heteroatoms. The Hall–Kier alpha value is -3.12. The first-order valence-electron chi connectivity index (χ1n) is 9.86. The zero-order valence-electron chi connectivity index (χ0n) is 17.0. The van der Waals surface area contributed by atoms with Crippen molar-refractivity contribution in [2.45, 2.75) is 12.8 Å². The molecule has 0 aliphatic heterocycles. The quantitative estimate of drug-likeness (QED) is 0.567. The third-order valence-electron chi connectivity index (χ3n) is 4.73. The van der Waals surface area contributed by atoms with Crippen molar-refractivity contribution in [3.05, 3.63) is 102 Å². The molecule has 0 bridgehead atoms. The van der Waals surface area contributed by atoms with Crippen LogP contribution in [0.2, 0.25) is 0 Å². The highest BCUT2D eigenvalue weighted by Crippen LogP contribution is 2.15. The van der Waals surface area contributed by atoms with E-state index in [0.717, 1.165) is 19.1 Å². The number of nitrogens with one attached hydrogen (secondary N) is 1. The van der Waals surface area contributed by atoms with Gasteiger partial charge in [-0.2, -0.15) is 0 Å². The Morgan fingerprint density at radius 1 is 0.800 bits per heavy atom. The minimum absolute atomic E-state index is 0.112. The van der Waals surface area contributed by atoms with Gasteiger partial charge in [0, 0.05) is 24.3 Å². The van der Waals surface area contributed by atoms with Gasteiger partial charge in [0.1, 0.15) is 0 Å². The molecule has 0 fully saturated rings. The van der Waals surface area contributed by atoms with E-state index in [1.165, 1.54) is 11.1 Å². The van der Waals surface area contributed by atoms with E-state index in [4.69, 9.17) is 0 Å². The maximum absolute atomic E-state index is 13.3. The maximum atomic E-state index is 13.3. The van der Waals surface area contributed by atoms with Crippen molar-refractivity contribution in [3.63, 3.8) is 0 Å². The highest BCUT2D eigenvalue weighted by molar-refractivity contribution is 7.92. The highest BCUT2D eigenvalue weighted by atomic mass is 32.2. The third kappa shape index (κ3) is 6.74. The number of hydrogen-bond donors (Lipinski definition) is 1. The molecule has 3 aromatic carbocycles. The Labute approximate surface area is 178 Å². The van der Waals surface area contributed by atoms with Crippen LogP contribution < -0.4 is 4.72 Å². The Balaban J connectivity index is 1.77. The van der Waals surface area contributed by atoms with Crippen molar-refractivity contribution < 1.29 is 13.2 Å². The topological polar surface area (TPSA) is 66.5 Å². The lowest BCUT2D eigenvalue weighted by atomic mass is 10.1. The third-order valence-corrected chi connectivity index (χ3v) is 5.33. The molecule has 0 aliphatic carbocycles. The number of hydrogen-bond acceptors (Lipinski definition) is 3. The largest absolute Gasteiger partial charge is 0.338 e. The van der Waals surface area contributed by atoms with E-state index in [1.807, 2.05) is 41.3 Å². The van der Waals surface area contributed by atoms with Crippen LogP contribution in [0.3, 0.4) is 0 Å². The molecule has 0 saturated heterocycles. The zero-order chi connectivity index (χ0) is 21.4. The summed E-state index contributed by atoms with van der Waals surface area (Å²) in [6.07, 6.45) is 2.60. The van der Waals surface area contributed by atoms with Crippen LogP contribution in [0, 0.1) is 0 Å². The lowest BCUT2D eigenvalue weighted by molar-refractivity contribution is 0.0759. The molecule has 0 heterocycles. The van der Waals surface area contributed by atoms with Gasteiger partial charge in [-0.3, -0.25) is 9.52 Å². The standard InChI is InChI=1S/C24H26N2O3S/c1-30(28,29)25-23-14-8-13-22(19-23)24(27)26(17-15-20-9-4-2-5-10-20)18-16-21-11-6-3-7-12-21/h2-14,19,25H,15-18H2,1H3. The van der Waals surface area contributed by atoms with E-state index in [1.54, 1.807) is 24.3 Å². The van der Waals surface area contributed by atoms with Crippen molar-refractivity contribution >= 4 is 21.6 Å². The van der Waals surface area contributed by atoms with Crippen molar-refractivity contribution in [1.29, 1.82) is 0 Å². The number of carbonyl (C=O) groups is 1. The molecule has 0 spiro atoms. The summed E-state index contributed by atoms with van der Waals surface area (Å²) in [4.78, 5) is 15.1. The molecule has 30 heavy (non-hydrogen) atoms. The van der Waals surface area contributed by atoms with Gasteiger partial charge < -0.3 is 4.90 Å². The normalized spacial score (nSPS) is 11.1. The molecule has 0 saturated carbocycles.